The van der Waals surface area contributed by atoms with Crippen LogP contribution in [0.15, 0.2) is 48.5 Å². The molecule has 0 bridgehead atoms. The fourth-order valence-electron chi connectivity index (χ4n) is 4.08. The van der Waals surface area contributed by atoms with Crippen molar-refractivity contribution in [1.82, 2.24) is 10.6 Å². The molecule has 0 fully saturated rings. The monoisotopic (exact) mass is 492 g/mol. The van der Waals surface area contributed by atoms with Gasteiger partial charge in [-0.2, -0.15) is 13.2 Å². The Bertz CT molecular complexity index is 1040. The molecule has 1 aliphatic rings. The number of carbonyl (C=O) groups excluding carboxylic acids is 2. The average molecular weight is 492 g/mol. The van der Waals surface area contributed by atoms with Gasteiger partial charge >= 0.3 is 18.2 Å². The van der Waals surface area contributed by atoms with Crippen molar-refractivity contribution in [2.24, 2.45) is 11.8 Å². The van der Waals surface area contributed by atoms with Gasteiger partial charge in [0.15, 0.2) is 5.92 Å². The Morgan fingerprint density at radius 1 is 1.00 bits per heavy atom. The van der Waals surface area contributed by atoms with Crippen LogP contribution < -0.4 is 10.6 Å². The first-order chi connectivity index (χ1) is 16.5. The molecular weight excluding hydrogens is 465 g/mol. The van der Waals surface area contributed by atoms with Crippen LogP contribution in [-0.4, -0.2) is 48.4 Å². The third-order valence-corrected chi connectivity index (χ3v) is 6.05. The highest BCUT2D eigenvalue weighted by atomic mass is 19.4. The minimum atomic E-state index is -4.99. The highest BCUT2D eigenvalue weighted by Crippen LogP contribution is 2.44. The van der Waals surface area contributed by atoms with Gasteiger partial charge in [0.2, 0.25) is 5.91 Å². The minimum absolute atomic E-state index is 0.0722. The molecule has 2 aromatic rings. The molecule has 0 saturated carbocycles. The zero-order valence-corrected chi connectivity index (χ0v) is 19.3. The van der Waals surface area contributed by atoms with E-state index in [1.54, 1.807) is 13.8 Å². The smallest absolute Gasteiger partial charge is 0.407 e. The number of nitrogens with one attached hydrogen (secondary N) is 2. The van der Waals surface area contributed by atoms with Crippen molar-refractivity contribution in [2.45, 2.75) is 38.4 Å². The SMILES string of the molecule is CC(C)C(CC(=O)NCC(C(=O)O)C(F)(F)F)NC(=O)OCC1c2ccccc2-c2ccccc21. The van der Waals surface area contributed by atoms with Crippen molar-refractivity contribution < 1.29 is 37.4 Å². The van der Waals surface area contributed by atoms with Crippen molar-refractivity contribution in [3.63, 3.8) is 0 Å². The summed E-state index contributed by atoms with van der Waals surface area (Å²) in [4.78, 5) is 35.5. The number of carboxylic acid groups (broad SMARTS) is 1. The molecule has 2 unspecified atom stereocenters. The lowest BCUT2D eigenvalue weighted by molar-refractivity contribution is -0.192. The zero-order chi connectivity index (χ0) is 25.8. The summed E-state index contributed by atoms with van der Waals surface area (Å²) in [6.45, 7) is 2.45. The van der Waals surface area contributed by atoms with E-state index in [-0.39, 0.29) is 24.9 Å². The quantitative estimate of drug-likeness (QED) is 0.484. The number of alkyl halides is 3. The summed E-state index contributed by atoms with van der Waals surface area (Å²) >= 11 is 0. The predicted octanol–water partition coefficient (Wildman–Crippen LogP) is 4.32. The number of fused-ring (bicyclic) bond motifs is 3. The zero-order valence-electron chi connectivity index (χ0n) is 19.3. The van der Waals surface area contributed by atoms with Crippen LogP contribution in [0, 0.1) is 11.8 Å². The summed E-state index contributed by atoms with van der Waals surface area (Å²) in [5.41, 5.74) is 4.23. The molecule has 3 rings (SSSR count). The normalized spacial score (nSPS) is 14.6. The highest BCUT2D eigenvalue weighted by molar-refractivity contribution is 5.80. The van der Waals surface area contributed by atoms with Crippen LogP contribution in [0.2, 0.25) is 0 Å². The molecule has 0 radical (unpaired) electrons. The van der Waals surface area contributed by atoms with Gasteiger partial charge in [0.25, 0.3) is 0 Å². The van der Waals surface area contributed by atoms with Crippen molar-refractivity contribution in [2.75, 3.05) is 13.2 Å². The lowest BCUT2D eigenvalue weighted by Crippen LogP contribution is -2.45. The second kappa shape index (κ2) is 10.8. The van der Waals surface area contributed by atoms with Crippen LogP contribution in [0.4, 0.5) is 18.0 Å². The van der Waals surface area contributed by atoms with Gasteiger partial charge in [-0.3, -0.25) is 9.59 Å². The largest absolute Gasteiger partial charge is 0.481 e. The topological polar surface area (TPSA) is 105 Å². The molecule has 0 saturated heterocycles. The molecule has 0 heterocycles. The van der Waals surface area contributed by atoms with Gasteiger partial charge < -0.3 is 20.5 Å². The molecule has 7 nitrogen and oxygen atoms in total. The van der Waals surface area contributed by atoms with Crippen LogP contribution in [0.3, 0.4) is 0 Å². The first-order valence-electron chi connectivity index (χ1n) is 11.2. The minimum Gasteiger partial charge on any atom is -0.481 e. The number of amides is 2. The average Bonchev–Trinajstić information content (AvgIpc) is 3.10. The molecule has 0 aliphatic heterocycles. The number of rotatable bonds is 9. The maximum Gasteiger partial charge on any atom is 0.407 e. The third kappa shape index (κ3) is 6.32. The summed E-state index contributed by atoms with van der Waals surface area (Å²) in [6, 6.07) is 15.0. The molecule has 2 atom stereocenters. The van der Waals surface area contributed by atoms with Gasteiger partial charge in [-0.15, -0.1) is 0 Å². The van der Waals surface area contributed by atoms with E-state index in [1.165, 1.54) is 0 Å². The Morgan fingerprint density at radius 2 is 1.54 bits per heavy atom. The summed E-state index contributed by atoms with van der Waals surface area (Å²) in [6.07, 6.45) is -6.07. The number of halogens is 3. The Morgan fingerprint density at radius 3 is 2.03 bits per heavy atom. The molecule has 10 heteroatoms. The fraction of sp³-hybridized carbons (Fsp3) is 0.400. The summed E-state index contributed by atoms with van der Waals surface area (Å²) in [5.74, 6) is -5.98. The van der Waals surface area contributed by atoms with Gasteiger partial charge in [0, 0.05) is 24.9 Å². The highest BCUT2D eigenvalue weighted by Gasteiger charge is 2.45. The van der Waals surface area contributed by atoms with E-state index in [4.69, 9.17) is 9.84 Å². The molecule has 2 aromatic carbocycles. The lowest BCUT2D eigenvalue weighted by atomic mass is 9.98. The lowest BCUT2D eigenvalue weighted by Gasteiger charge is -2.23. The number of hydrogen-bond donors (Lipinski definition) is 3. The number of alkyl carbamates (subject to hydrolysis) is 1. The van der Waals surface area contributed by atoms with Crippen LogP contribution in [-0.2, 0) is 14.3 Å². The molecule has 35 heavy (non-hydrogen) atoms. The molecule has 0 spiro atoms. The third-order valence-electron chi connectivity index (χ3n) is 6.05. The molecule has 1 aliphatic carbocycles. The number of hydrogen-bond acceptors (Lipinski definition) is 4. The van der Waals surface area contributed by atoms with Gasteiger partial charge in [-0.1, -0.05) is 62.4 Å². The standard InChI is InChI=1S/C25H27F3N2O5/c1-14(2)21(11-22(31)29-12-20(23(32)33)25(26,27)28)30-24(34)35-13-19-17-9-5-3-7-15(17)16-8-4-6-10-18(16)19/h3-10,14,19-21H,11-13H2,1-2H3,(H,29,31)(H,30,34)(H,32,33). The van der Waals surface area contributed by atoms with E-state index in [0.717, 1.165) is 22.3 Å². The van der Waals surface area contributed by atoms with Crippen LogP contribution in [0.5, 0.6) is 0 Å². The van der Waals surface area contributed by atoms with Crippen LogP contribution >= 0.6 is 0 Å². The number of benzene rings is 2. The number of carboxylic acids is 1. The summed E-state index contributed by atoms with van der Waals surface area (Å²) in [7, 11) is 0. The first kappa shape index (κ1) is 26.1. The van der Waals surface area contributed by atoms with E-state index in [0.29, 0.717) is 0 Å². The first-order valence-corrected chi connectivity index (χ1v) is 11.2. The van der Waals surface area contributed by atoms with Crippen molar-refractivity contribution in [3.8, 4) is 11.1 Å². The van der Waals surface area contributed by atoms with Crippen LogP contribution in [0.25, 0.3) is 11.1 Å². The Kier molecular flexibility index (Phi) is 8.03. The summed E-state index contributed by atoms with van der Waals surface area (Å²) < 4.78 is 43.8. The van der Waals surface area contributed by atoms with Gasteiger partial charge in [0.1, 0.15) is 6.61 Å². The second-order valence-electron chi connectivity index (χ2n) is 8.76. The number of ether oxygens (including phenoxy) is 1. The number of aliphatic carboxylic acids is 1. The Hall–Kier alpha value is -3.56. The van der Waals surface area contributed by atoms with E-state index >= 15 is 0 Å². The summed E-state index contributed by atoms with van der Waals surface area (Å²) in [5, 5.41) is 13.3. The van der Waals surface area contributed by atoms with E-state index in [1.807, 2.05) is 53.8 Å². The van der Waals surface area contributed by atoms with E-state index in [9.17, 15) is 27.6 Å². The van der Waals surface area contributed by atoms with E-state index in [2.05, 4.69) is 5.32 Å². The Balaban J connectivity index is 1.57. The fourth-order valence-corrected chi connectivity index (χ4v) is 4.08. The molecular formula is C25H27F3N2O5. The molecule has 188 valence electrons. The molecule has 2 amide bonds. The Labute approximate surface area is 200 Å². The second-order valence-corrected chi connectivity index (χ2v) is 8.76. The maximum atomic E-state index is 12.8. The predicted molar refractivity (Wildman–Crippen MR) is 122 cm³/mol. The van der Waals surface area contributed by atoms with Gasteiger partial charge in [-0.25, -0.2) is 4.79 Å². The van der Waals surface area contributed by atoms with Crippen molar-refractivity contribution in [3.05, 3.63) is 59.7 Å². The van der Waals surface area contributed by atoms with Gasteiger partial charge in [-0.05, 0) is 28.2 Å². The van der Waals surface area contributed by atoms with Crippen molar-refractivity contribution >= 4 is 18.0 Å². The van der Waals surface area contributed by atoms with Crippen LogP contribution in [0.1, 0.15) is 37.3 Å². The molecule has 0 aromatic heterocycles. The maximum absolute atomic E-state index is 12.8. The van der Waals surface area contributed by atoms with E-state index < -0.39 is 42.7 Å². The van der Waals surface area contributed by atoms with Crippen molar-refractivity contribution in [1.29, 1.82) is 0 Å². The molecule has 3 N–H and O–H groups in total. The van der Waals surface area contributed by atoms with Gasteiger partial charge in [0.05, 0.1) is 0 Å². The number of carbonyl (C=O) groups is 3.